The molecule has 7 nitrogen and oxygen atoms in total. The van der Waals surface area contributed by atoms with Gasteiger partial charge in [0.25, 0.3) is 5.91 Å². The fourth-order valence-corrected chi connectivity index (χ4v) is 3.74. The minimum absolute atomic E-state index is 0.0762. The summed E-state index contributed by atoms with van der Waals surface area (Å²) in [5.74, 6) is -0.0762. The molecule has 2 aliphatic heterocycles. The molecule has 0 aromatic heterocycles. The van der Waals surface area contributed by atoms with E-state index in [1.807, 2.05) is 0 Å². The van der Waals surface area contributed by atoms with Crippen LogP contribution >= 0.6 is 9.39 Å². The number of likely N-dealkylation sites (tertiary alicyclic amines) is 1. The maximum atomic E-state index is 12.5. The highest BCUT2D eigenvalue weighted by Gasteiger charge is 2.52. The number of hydrogen-bond acceptors (Lipinski definition) is 5. The molecule has 0 bridgehead atoms. The smallest absolute Gasteiger partial charge is 0.253 e. The van der Waals surface area contributed by atoms with Crippen molar-refractivity contribution in [3.63, 3.8) is 0 Å². The third-order valence-electron chi connectivity index (χ3n) is 4.75. The van der Waals surface area contributed by atoms with E-state index in [4.69, 9.17) is 6.57 Å². The molecule has 3 atom stereocenters. The van der Waals surface area contributed by atoms with Gasteiger partial charge < -0.3 is 15.1 Å². The van der Waals surface area contributed by atoms with Crippen molar-refractivity contribution in [1.29, 1.82) is 0 Å². The molecule has 0 saturated carbocycles. The number of carbonyl (C=O) groups excluding carboxylic acids is 1. The molecule has 2 aliphatic rings. The van der Waals surface area contributed by atoms with Gasteiger partial charge in [0, 0.05) is 18.7 Å². The number of aliphatic hydroxyl groups is 2. The monoisotopic (exact) mass is 334 g/mol. The van der Waals surface area contributed by atoms with Crippen LogP contribution in [-0.4, -0.2) is 56.9 Å². The number of aliphatic hydroxyl groups excluding tert-OH is 2. The molecule has 8 heteroatoms. The molecule has 1 aromatic carbocycles. The molecule has 2 fully saturated rings. The van der Waals surface area contributed by atoms with E-state index >= 15 is 0 Å². The Morgan fingerprint density at radius 3 is 2.39 bits per heavy atom. The first-order valence-corrected chi connectivity index (χ1v) is 7.92. The number of piperidine rings is 1. The predicted molar refractivity (Wildman–Crippen MR) is 87.3 cm³/mol. The van der Waals surface area contributed by atoms with Crippen molar-refractivity contribution >= 4 is 21.0 Å². The van der Waals surface area contributed by atoms with E-state index in [0.29, 0.717) is 37.2 Å². The van der Waals surface area contributed by atoms with Gasteiger partial charge in [-0.05, 0) is 12.8 Å². The number of nitrogens with one attached hydrogen (secondary N) is 1. The van der Waals surface area contributed by atoms with Gasteiger partial charge in [-0.25, -0.2) is 9.52 Å². The Bertz CT molecular complexity index is 637. The maximum Gasteiger partial charge on any atom is 0.253 e. The molecular weight excluding hydrogens is 315 g/mol. The number of rotatable bonds is 1. The van der Waals surface area contributed by atoms with Gasteiger partial charge in [0.05, 0.1) is 12.1 Å². The zero-order valence-corrected chi connectivity index (χ0v) is 13.7. The Morgan fingerprint density at radius 2 is 1.91 bits per heavy atom. The summed E-state index contributed by atoms with van der Waals surface area (Å²) in [6, 6.07) is 6.60. The van der Waals surface area contributed by atoms with Crippen molar-refractivity contribution in [2.75, 3.05) is 13.1 Å². The average Bonchev–Trinajstić information content (AvgIpc) is 2.79. The Balaban J connectivity index is 1.69. The van der Waals surface area contributed by atoms with Crippen molar-refractivity contribution in [3.8, 4) is 0 Å². The predicted octanol–water partition coefficient (Wildman–Crippen LogP) is 0.502. The lowest BCUT2D eigenvalue weighted by Crippen LogP contribution is -2.56. The van der Waals surface area contributed by atoms with Crippen LogP contribution in [0.4, 0.5) is 5.69 Å². The van der Waals surface area contributed by atoms with Crippen molar-refractivity contribution in [2.45, 2.75) is 31.0 Å². The van der Waals surface area contributed by atoms with Crippen LogP contribution in [0.2, 0.25) is 0 Å². The summed E-state index contributed by atoms with van der Waals surface area (Å²) in [4.78, 5) is 17.6. The Hall–Kier alpha value is -1.55. The van der Waals surface area contributed by atoms with Gasteiger partial charge in [0.2, 0.25) is 0 Å². The average molecular weight is 334 g/mol. The van der Waals surface area contributed by atoms with Crippen LogP contribution < -0.4 is 5.32 Å². The molecule has 0 aliphatic carbocycles. The number of nitrogens with zero attached hydrogens (tertiary/aromatic N) is 3. The van der Waals surface area contributed by atoms with Crippen LogP contribution in [0.25, 0.3) is 4.85 Å². The standard InChI is InChI=1S/C15H19N4O3P/c1-16-11-4-2-10(3-5-11)12(20)18-8-6-15(7-9-18)13(21)17-14(22)19(15)23/h2-5,13-14,17,21-22H,6-9,23H2. The van der Waals surface area contributed by atoms with Gasteiger partial charge in [0.15, 0.2) is 12.0 Å². The second-order valence-electron chi connectivity index (χ2n) is 5.90. The fraction of sp³-hybridized carbons (Fsp3) is 0.467. The number of amides is 1. The van der Waals surface area contributed by atoms with Crippen LogP contribution in [0.5, 0.6) is 0 Å². The second kappa shape index (κ2) is 6.16. The third-order valence-corrected chi connectivity index (χ3v) is 5.55. The zero-order valence-electron chi connectivity index (χ0n) is 12.5. The molecule has 1 spiro atoms. The molecular formula is C15H19N4O3P. The second-order valence-corrected chi connectivity index (χ2v) is 6.46. The van der Waals surface area contributed by atoms with Crippen LogP contribution in [0.1, 0.15) is 23.2 Å². The zero-order chi connectivity index (χ0) is 16.6. The van der Waals surface area contributed by atoms with E-state index in [2.05, 4.69) is 19.6 Å². The van der Waals surface area contributed by atoms with Crippen LogP contribution in [0, 0.1) is 6.57 Å². The SMILES string of the molecule is [C-]#[N+]c1ccc(C(=O)N2CCC3(CC2)C(O)NC(O)N3P)cc1. The van der Waals surface area contributed by atoms with Crippen LogP contribution in [-0.2, 0) is 0 Å². The van der Waals surface area contributed by atoms with Gasteiger partial charge in [-0.3, -0.25) is 10.1 Å². The van der Waals surface area contributed by atoms with Gasteiger partial charge in [-0.15, -0.1) is 0 Å². The minimum atomic E-state index is -0.904. The van der Waals surface area contributed by atoms with Crippen molar-refractivity contribution in [1.82, 2.24) is 14.9 Å². The quantitative estimate of drug-likeness (QED) is 0.515. The number of benzene rings is 1. The highest BCUT2D eigenvalue weighted by molar-refractivity contribution is 7.13. The molecule has 2 saturated heterocycles. The van der Waals surface area contributed by atoms with E-state index in [1.165, 1.54) is 0 Å². The lowest BCUT2D eigenvalue weighted by Gasteiger charge is -2.44. The summed E-state index contributed by atoms with van der Waals surface area (Å²) in [5.41, 5.74) is 0.489. The molecule has 23 heavy (non-hydrogen) atoms. The van der Waals surface area contributed by atoms with E-state index in [9.17, 15) is 15.0 Å². The summed E-state index contributed by atoms with van der Waals surface area (Å²) in [5, 5.41) is 22.7. The first-order chi connectivity index (χ1) is 11.0. The summed E-state index contributed by atoms with van der Waals surface area (Å²) in [7, 11) is 2.46. The van der Waals surface area contributed by atoms with E-state index in [1.54, 1.807) is 33.8 Å². The number of carbonyl (C=O) groups is 1. The summed E-state index contributed by atoms with van der Waals surface area (Å²) in [6.07, 6.45) is -0.607. The maximum absolute atomic E-state index is 12.5. The first-order valence-electron chi connectivity index (χ1n) is 7.41. The van der Waals surface area contributed by atoms with Gasteiger partial charge in [0.1, 0.15) is 6.23 Å². The van der Waals surface area contributed by atoms with Gasteiger partial charge in [-0.2, -0.15) is 0 Å². The Morgan fingerprint density at radius 1 is 1.30 bits per heavy atom. The summed E-state index contributed by atoms with van der Waals surface area (Å²) >= 11 is 0. The molecule has 122 valence electrons. The molecule has 1 aromatic rings. The van der Waals surface area contributed by atoms with E-state index in [-0.39, 0.29) is 5.91 Å². The molecule has 3 unspecified atom stereocenters. The van der Waals surface area contributed by atoms with E-state index < -0.39 is 18.1 Å². The van der Waals surface area contributed by atoms with Crippen molar-refractivity contribution in [2.24, 2.45) is 0 Å². The molecule has 3 rings (SSSR count). The van der Waals surface area contributed by atoms with Gasteiger partial charge in [-0.1, -0.05) is 33.7 Å². The normalized spacial score (nSPS) is 27.1. The highest BCUT2D eigenvalue weighted by Crippen LogP contribution is 2.39. The van der Waals surface area contributed by atoms with E-state index in [0.717, 1.165) is 0 Å². The first kappa shape index (κ1) is 16.3. The minimum Gasteiger partial charge on any atom is -0.376 e. The summed E-state index contributed by atoms with van der Waals surface area (Å²) in [6.45, 7) is 7.94. The molecule has 2 heterocycles. The summed E-state index contributed by atoms with van der Waals surface area (Å²) < 4.78 is 1.66. The Labute approximate surface area is 137 Å². The van der Waals surface area contributed by atoms with Crippen LogP contribution in [0.3, 0.4) is 0 Å². The fourth-order valence-electron chi connectivity index (χ4n) is 3.25. The van der Waals surface area contributed by atoms with Crippen molar-refractivity contribution < 1.29 is 15.0 Å². The molecule has 1 amide bonds. The van der Waals surface area contributed by atoms with Crippen molar-refractivity contribution in [3.05, 3.63) is 41.2 Å². The van der Waals surface area contributed by atoms with Gasteiger partial charge >= 0.3 is 0 Å². The Kier molecular flexibility index (Phi) is 4.37. The molecule has 3 N–H and O–H groups in total. The number of hydrogen-bond donors (Lipinski definition) is 3. The molecule has 0 radical (unpaired) electrons. The van der Waals surface area contributed by atoms with Crippen LogP contribution in [0.15, 0.2) is 24.3 Å². The largest absolute Gasteiger partial charge is 0.376 e. The lowest BCUT2D eigenvalue weighted by atomic mass is 9.86. The topological polar surface area (TPSA) is 80.4 Å². The third kappa shape index (κ3) is 2.74. The lowest BCUT2D eigenvalue weighted by molar-refractivity contribution is -0.00394. The highest BCUT2D eigenvalue weighted by atomic mass is 31.0.